The van der Waals surface area contributed by atoms with E-state index < -0.39 is 24.2 Å². The number of alkyl halides is 2. The fourth-order valence-corrected chi connectivity index (χ4v) is 3.42. The number of aryl methyl sites for hydroxylation is 2. The van der Waals surface area contributed by atoms with E-state index in [4.69, 9.17) is 11.6 Å². The minimum atomic E-state index is -2.71. The number of nitrogens with zero attached hydrogens (tertiary/aromatic N) is 4. The molecule has 0 saturated carbocycles. The molecule has 1 atom stereocenters. The number of anilines is 1. The molecule has 0 spiro atoms. The first-order chi connectivity index (χ1) is 14.1. The molecule has 30 heavy (non-hydrogen) atoms. The predicted octanol–water partition coefficient (Wildman–Crippen LogP) is 4.98. The molecule has 3 aromatic rings. The number of hydrogen-bond donors (Lipinski definition) is 1. The van der Waals surface area contributed by atoms with E-state index in [2.05, 4.69) is 15.5 Å². The van der Waals surface area contributed by atoms with Crippen molar-refractivity contribution in [1.29, 1.82) is 0 Å². The molecule has 2 heterocycles. The maximum absolute atomic E-state index is 13.3. The molecule has 3 rings (SSSR count). The SMILES string of the molecule is Cc1nn(Cc2ccc(F)cc2Cl)c(C)c1NC(=O)C(C)n1nc(C(F)F)cc1C. The predicted molar refractivity (Wildman–Crippen MR) is 107 cm³/mol. The highest BCUT2D eigenvalue weighted by atomic mass is 35.5. The van der Waals surface area contributed by atoms with Crippen LogP contribution in [0.3, 0.4) is 0 Å². The third-order valence-electron chi connectivity index (χ3n) is 4.88. The van der Waals surface area contributed by atoms with Crippen molar-refractivity contribution in [3.05, 3.63) is 63.4 Å². The van der Waals surface area contributed by atoms with Crippen molar-refractivity contribution < 1.29 is 18.0 Å². The van der Waals surface area contributed by atoms with Gasteiger partial charge in [-0.3, -0.25) is 14.2 Å². The van der Waals surface area contributed by atoms with Crippen molar-refractivity contribution in [2.45, 2.75) is 46.7 Å². The van der Waals surface area contributed by atoms with Gasteiger partial charge in [0.1, 0.15) is 17.6 Å². The molecule has 0 saturated heterocycles. The molecule has 160 valence electrons. The first-order valence-electron chi connectivity index (χ1n) is 9.21. The van der Waals surface area contributed by atoms with E-state index in [1.165, 1.54) is 22.9 Å². The average Bonchev–Trinajstić information content (AvgIpc) is 3.18. The molecule has 1 amide bonds. The number of amides is 1. The lowest BCUT2D eigenvalue weighted by atomic mass is 10.2. The number of carbonyl (C=O) groups is 1. The molecule has 0 aliphatic heterocycles. The van der Waals surface area contributed by atoms with Crippen LogP contribution in [0.15, 0.2) is 24.3 Å². The minimum Gasteiger partial charge on any atom is -0.321 e. The molecule has 0 radical (unpaired) electrons. The van der Waals surface area contributed by atoms with Gasteiger partial charge in [0.2, 0.25) is 5.91 Å². The largest absolute Gasteiger partial charge is 0.321 e. The van der Waals surface area contributed by atoms with Gasteiger partial charge in [-0.2, -0.15) is 10.2 Å². The Hall–Kier alpha value is -2.81. The smallest absolute Gasteiger partial charge is 0.282 e. The lowest BCUT2D eigenvalue weighted by Crippen LogP contribution is -2.25. The number of rotatable bonds is 6. The van der Waals surface area contributed by atoms with Crippen LogP contribution in [0.25, 0.3) is 0 Å². The van der Waals surface area contributed by atoms with Gasteiger partial charge in [0.15, 0.2) is 0 Å². The molecule has 0 bridgehead atoms. The standard InChI is InChI=1S/C20H21ClF3N5O/c1-10-7-17(19(23)24)27-29(10)13(4)20(30)25-18-11(2)26-28(12(18)3)9-14-5-6-15(22)8-16(14)21/h5-8,13,19H,9H2,1-4H3,(H,25,30). The number of benzene rings is 1. The fraction of sp³-hybridized carbons (Fsp3) is 0.350. The Balaban J connectivity index is 1.80. The second-order valence-electron chi connectivity index (χ2n) is 7.06. The Labute approximate surface area is 176 Å². The molecule has 6 nitrogen and oxygen atoms in total. The van der Waals surface area contributed by atoms with Crippen LogP contribution in [0, 0.1) is 26.6 Å². The molecule has 1 unspecified atom stereocenters. The summed E-state index contributed by atoms with van der Waals surface area (Å²) in [5.74, 6) is -0.837. The van der Waals surface area contributed by atoms with E-state index in [0.29, 0.717) is 34.9 Å². The van der Waals surface area contributed by atoms with Gasteiger partial charge in [-0.15, -0.1) is 0 Å². The molecule has 1 N–H and O–H groups in total. The quantitative estimate of drug-likeness (QED) is 0.589. The number of hydrogen-bond acceptors (Lipinski definition) is 3. The van der Waals surface area contributed by atoms with Gasteiger partial charge in [-0.1, -0.05) is 17.7 Å². The highest BCUT2D eigenvalue weighted by Gasteiger charge is 2.23. The summed E-state index contributed by atoms with van der Waals surface area (Å²) >= 11 is 6.10. The van der Waals surface area contributed by atoms with E-state index in [9.17, 15) is 18.0 Å². The highest BCUT2D eigenvalue weighted by Crippen LogP contribution is 2.25. The molecule has 0 fully saturated rings. The highest BCUT2D eigenvalue weighted by molar-refractivity contribution is 6.31. The van der Waals surface area contributed by atoms with Crippen LogP contribution < -0.4 is 5.32 Å². The van der Waals surface area contributed by atoms with Crippen LogP contribution >= 0.6 is 11.6 Å². The zero-order valence-electron chi connectivity index (χ0n) is 16.9. The summed E-state index contributed by atoms with van der Waals surface area (Å²) in [5.41, 5.74) is 2.55. The molecule has 0 aliphatic rings. The summed E-state index contributed by atoms with van der Waals surface area (Å²) in [6.07, 6.45) is -2.71. The summed E-state index contributed by atoms with van der Waals surface area (Å²) in [6.45, 7) is 7.02. The van der Waals surface area contributed by atoms with Gasteiger partial charge in [0, 0.05) is 10.7 Å². The van der Waals surface area contributed by atoms with Crippen molar-refractivity contribution in [2.24, 2.45) is 0 Å². The molecule has 10 heteroatoms. The summed E-state index contributed by atoms with van der Waals surface area (Å²) in [7, 11) is 0. The van der Waals surface area contributed by atoms with E-state index in [-0.39, 0.29) is 10.7 Å². The topological polar surface area (TPSA) is 64.7 Å². The Bertz CT molecular complexity index is 1090. The van der Waals surface area contributed by atoms with Crippen molar-refractivity contribution >= 4 is 23.2 Å². The van der Waals surface area contributed by atoms with Gasteiger partial charge in [0.25, 0.3) is 6.43 Å². The zero-order valence-corrected chi connectivity index (χ0v) is 17.6. The molecule has 0 aliphatic carbocycles. The van der Waals surface area contributed by atoms with Crippen molar-refractivity contribution in [3.8, 4) is 0 Å². The van der Waals surface area contributed by atoms with Crippen molar-refractivity contribution in [3.63, 3.8) is 0 Å². The lowest BCUT2D eigenvalue weighted by molar-refractivity contribution is -0.119. The van der Waals surface area contributed by atoms with Crippen LogP contribution in [0.5, 0.6) is 0 Å². The van der Waals surface area contributed by atoms with Crippen LogP contribution in [0.4, 0.5) is 18.9 Å². The van der Waals surface area contributed by atoms with Crippen LogP contribution in [0.1, 0.15) is 47.7 Å². The Morgan fingerprint density at radius 1 is 1.20 bits per heavy atom. The third kappa shape index (κ3) is 4.35. The Morgan fingerprint density at radius 2 is 1.90 bits per heavy atom. The van der Waals surface area contributed by atoms with E-state index in [1.807, 2.05) is 0 Å². The monoisotopic (exact) mass is 439 g/mol. The van der Waals surface area contributed by atoms with Gasteiger partial charge in [-0.05, 0) is 51.5 Å². The zero-order chi connectivity index (χ0) is 22.2. The van der Waals surface area contributed by atoms with E-state index in [1.54, 1.807) is 38.4 Å². The molecular formula is C20H21ClF3N5O. The van der Waals surface area contributed by atoms with E-state index in [0.717, 1.165) is 0 Å². The average molecular weight is 440 g/mol. The van der Waals surface area contributed by atoms with Crippen LogP contribution in [-0.2, 0) is 11.3 Å². The van der Waals surface area contributed by atoms with Crippen LogP contribution in [-0.4, -0.2) is 25.5 Å². The van der Waals surface area contributed by atoms with Crippen molar-refractivity contribution in [1.82, 2.24) is 19.6 Å². The number of aromatic nitrogens is 4. The Morgan fingerprint density at radius 3 is 2.50 bits per heavy atom. The maximum Gasteiger partial charge on any atom is 0.282 e. The van der Waals surface area contributed by atoms with Gasteiger partial charge < -0.3 is 5.32 Å². The van der Waals surface area contributed by atoms with Gasteiger partial charge in [0.05, 0.1) is 23.6 Å². The first kappa shape index (κ1) is 21.9. The molecule has 1 aromatic carbocycles. The summed E-state index contributed by atoms with van der Waals surface area (Å²) in [6, 6.07) is 4.58. The van der Waals surface area contributed by atoms with E-state index >= 15 is 0 Å². The molecule has 2 aromatic heterocycles. The minimum absolute atomic E-state index is 0.283. The number of carbonyl (C=O) groups excluding carboxylic acids is 1. The lowest BCUT2D eigenvalue weighted by Gasteiger charge is -2.15. The Kier molecular flexibility index (Phi) is 6.21. The normalized spacial score (nSPS) is 12.4. The number of nitrogens with one attached hydrogen (secondary N) is 1. The second kappa shape index (κ2) is 8.51. The third-order valence-corrected chi connectivity index (χ3v) is 5.23. The molecular weight excluding hydrogens is 419 g/mol. The maximum atomic E-state index is 13.3. The summed E-state index contributed by atoms with van der Waals surface area (Å²) < 4.78 is 42.0. The van der Waals surface area contributed by atoms with Crippen LogP contribution in [0.2, 0.25) is 5.02 Å². The summed E-state index contributed by atoms with van der Waals surface area (Å²) in [4.78, 5) is 12.7. The number of halogens is 4. The first-order valence-corrected chi connectivity index (χ1v) is 9.59. The van der Waals surface area contributed by atoms with Gasteiger partial charge in [-0.25, -0.2) is 13.2 Å². The second-order valence-corrected chi connectivity index (χ2v) is 7.47. The van der Waals surface area contributed by atoms with Crippen molar-refractivity contribution in [2.75, 3.05) is 5.32 Å². The summed E-state index contributed by atoms with van der Waals surface area (Å²) in [5, 5.41) is 11.4. The fourth-order valence-electron chi connectivity index (χ4n) is 3.19. The van der Waals surface area contributed by atoms with Gasteiger partial charge >= 0.3 is 0 Å².